The van der Waals surface area contributed by atoms with E-state index in [0.717, 1.165) is 18.7 Å². The summed E-state index contributed by atoms with van der Waals surface area (Å²) in [6.07, 6.45) is 3.31. The smallest absolute Gasteiger partial charge is 0.326 e. The van der Waals surface area contributed by atoms with Crippen molar-refractivity contribution in [3.63, 3.8) is 0 Å². The van der Waals surface area contributed by atoms with Gasteiger partial charge in [-0.25, -0.2) is 4.79 Å². The summed E-state index contributed by atoms with van der Waals surface area (Å²) in [6, 6.07) is -0.775. The molecule has 3 N–H and O–H groups in total. The van der Waals surface area contributed by atoms with E-state index in [0.29, 0.717) is 6.42 Å². The number of hydrogen-bond donors (Lipinski definition) is 3. The monoisotopic (exact) mass is 248 g/mol. The number of rotatable bonds is 9. The Morgan fingerprint density at radius 2 is 2.12 bits per heavy atom. The largest absolute Gasteiger partial charge is 0.480 e. The first kappa shape index (κ1) is 15.2. The van der Waals surface area contributed by atoms with Gasteiger partial charge in [0.25, 0.3) is 0 Å². The van der Waals surface area contributed by atoms with Crippen molar-refractivity contribution in [2.24, 2.45) is 0 Å². The minimum atomic E-state index is -0.974. The van der Waals surface area contributed by atoms with Gasteiger partial charge in [-0.05, 0) is 31.4 Å². The molecule has 0 unspecified atom stereocenters. The van der Waals surface area contributed by atoms with Gasteiger partial charge in [-0.15, -0.1) is 0 Å². The van der Waals surface area contributed by atoms with Crippen LogP contribution in [0.15, 0.2) is 0 Å². The highest BCUT2D eigenvalue weighted by molar-refractivity contribution is 7.98. The van der Waals surface area contributed by atoms with E-state index in [-0.39, 0.29) is 12.5 Å². The van der Waals surface area contributed by atoms with Gasteiger partial charge in [0.05, 0.1) is 6.54 Å². The highest BCUT2D eigenvalue weighted by Gasteiger charge is 2.18. The first-order valence-corrected chi connectivity index (χ1v) is 6.73. The quantitative estimate of drug-likeness (QED) is 0.512. The zero-order chi connectivity index (χ0) is 12.4. The van der Waals surface area contributed by atoms with Crippen LogP contribution in [-0.2, 0) is 9.59 Å². The number of hydrogen-bond acceptors (Lipinski definition) is 4. The number of carboxylic acid groups (broad SMARTS) is 1. The van der Waals surface area contributed by atoms with Gasteiger partial charge in [0, 0.05) is 0 Å². The minimum Gasteiger partial charge on any atom is -0.480 e. The van der Waals surface area contributed by atoms with E-state index < -0.39 is 12.0 Å². The van der Waals surface area contributed by atoms with Gasteiger partial charge in [-0.1, -0.05) is 6.92 Å². The average molecular weight is 248 g/mol. The van der Waals surface area contributed by atoms with Crippen LogP contribution in [-0.4, -0.2) is 48.1 Å². The Kier molecular flexibility index (Phi) is 9.03. The molecule has 0 aromatic heterocycles. The molecule has 16 heavy (non-hydrogen) atoms. The van der Waals surface area contributed by atoms with Gasteiger partial charge in [0.1, 0.15) is 6.04 Å². The van der Waals surface area contributed by atoms with Crippen molar-refractivity contribution in [2.45, 2.75) is 25.8 Å². The first-order chi connectivity index (χ1) is 7.61. The second kappa shape index (κ2) is 9.47. The van der Waals surface area contributed by atoms with E-state index in [1.54, 1.807) is 11.8 Å². The molecule has 0 heterocycles. The molecule has 0 spiro atoms. The molecule has 1 amide bonds. The molecule has 0 aliphatic heterocycles. The SMILES string of the molecule is CCCNCC(=O)N[C@H](CCSC)C(=O)O. The Bertz CT molecular complexity index is 224. The molecule has 0 bridgehead atoms. The van der Waals surface area contributed by atoms with Crippen LogP contribution in [0, 0.1) is 0 Å². The Morgan fingerprint density at radius 1 is 1.44 bits per heavy atom. The molecule has 0 radical (unpaired) electrons. The molecular formula is C10H20N2O3S. The highest BCUT2D eigenvalue weighted by atomic mass is 32.2. The fourth-order valence-corrected chi connectivity index (χ4v) is 1.59. The molecule has 0 aromatic carbocycles. The summed E-state index contributed by atoms with van der Waals surface area (Å²) < 4.78 is 0. The Balaban J connectivity index is 3.88. The number of nitrogens with one attached hydrogen (secondary N) is 2. The summed E-state index contributed by atoms with van der Waals surface area (Å²) in [4.78, 5) is 22.2. The van der Waals surface area contributed by atoms with Crippen LogP contribution in [0.4, 0.5) is 0 Å². The van der Waals surface area contributed by atoms with Crippen molar-refractivity contribution in [1.82, 2.24) is 10.6 Å². The fourth-order valence-electron chi connectivity index (χ4n) is 1.12. The lowest BCUT2D eigenvalue weighted by atomic mass is 10.2. The van der Waals surface area contributed by atoms with Gasteiger partial charge in [-0.3, -0.25) is 4.79 Å². The number of carbonyl (C=O) groups is 2. The molecule has 6 heteroatoms. The lowest BCUT2D eigenvalue weighted by Gasteiger charge is -2.14. The zero-order valence-corrected chi connectivity index (χ0v) is 10.6. The van der Waals surface area contributed by atoms with E-state index in [4.69, 9.17) is 5.11 Å². The Morgan fingerprint density at radius 3 is 2.62 bits per heavy atom. The summed E-state index contributed by atoms with van der Waals surface area (Å²) in [6.45, 7) is 2.94. The molecule has 0 fully saturated rings. The van der Waals surface area contributed by atoms with Crippen molar-refractivity contribution in [3.05, 3.63) is 0 Å². The molecule has 0 rings (SSSR count). The van der Waals surface area contributed by atoms with Crippen molar-refractivity contribution >= 4 is 23.6 Å². The van der Waals surface area contributed by atoms with Crippen molar-refractivity contribution in [2.75, 3.05) is 25.1 Å². The summed E-state index contributed by atoms with van der Waals surface area (Å²) in [5, 5.41) is 14.3. The maximum absolute atomic E-state index is 11.4. The maximum atomic E-state index is 11.4. The van der Waals surface area contributed by atoms with Gasteiger partial charge in [0.15, 0.2) is 0 Å². The predicted octanol–water partition coefficient (Wildman–Crippen LogP) is 0.309. The fraction of sp³-hybridized carbons (Fsp3) is 0.800. The van der Waals surface area contributed by atoms with Crippen molar-refractivity contribution in [1.29, 1.82) is 0 Å². The zero-order valence-electron chi connectivity index (χ0n) is 9.78. The van der Waals surface area contributed by atoms with Crippen molar-refractivity contribution in [3.8, 4) is 0 Å². The lowest BCUT2D eigenvalue weighted by Crippen LogP contribution is -2.44. The second-order valence-electron chi connectivity index (χ2n) is 3.42. The third kappa shape index (κ3) is 7.53. The Labute approximate surface area is 100 Å². The number of carbonyl (C=O) groups excluding carboxylic acids is 1. The molecule has 0 saturated carbocycles. The third-order valence-corrected chi connectivity index (χ3v) is 2.60. The van der Waals surface area contributed by atoms with E-state index in [9.17, 15) is 9.59 Å². The third-order valence-electron chi connectivity index (χ3n) is 1.96. The minimum absolute atomic E-state index is 0.177. The van der Waals surface area contributed by atoms with E-state index in [1.165, 1.54) is 0 Å². The summed E-state index contributed by atoms with van der Waals surface area (Å²) in [5.74, 6) is -0.514. The molecule has 94 valence electrons. The first-order valence-electron chi connectivity index (χ1n) is 5.33. The van der Waals surface area contributed by atoms with Gasteiger partial charge < -0.3 is 15.7 Å². The van der Waals surface area contributed by atoms with Crippen LogP contribution >= 0.6 is 11.8 Å². The van der Waals surface area contributed by atoms with Gasteiger partial charge >= 0.3 is 5.97 Å². The summed E-state index contributed by atoms with van der Waals surface area (Å²) >= 11 is 1.57. The molecule has 0 saturated heterocycles. The summed E-state index contributed by atoms with van der Waals surface area (Å²) in [7, 11) is 0. The number of thioether (sulfide) groups is 1. The van der Waals surface area contributed by atoms with E-state index in [2.05, 4.69) is 10.6 Å². The van der Waals surface area contributed by atoms with E-state index in [1.807, 2.05) is 13.2 Å². The van der Waals surface area contributed by atoms with Crippen LogP contribution < -0.4 is 10.6 Å². The van der Waals surface area contributed by atoms with Crippen LogP contribution in [0.1, 0.15) is 19.8 Å². The molecule has 5 nitrogen and oxygen atoms in total. The standard InChI is InChI=1S/C10H20N2O3S/c1-3-5-11-7-9(13)12-8(10(14)15)4-6-16-2/h8,11H,3-7H2,1-2H3,(H,12,13)(H,14,15)/t8-/m1/s1. The molecule has 1 atom stereocenters. The normalized spacial score (nSPS) is 12.1. The number of carboxylic acids is 1. The van der Waals surface area contributed by atoms with E-state index >= 15 is 0 Å². The van der Waals surface area contributed by atoms with Crippen LogP contribution in [0.5, 0.6) is 0 Å². The topological polar surface area (TPSA) is 78.4 Å². The predicted molar refractivity (Wildman–Crippen MR) is 65.7 cm³/mol. The lowest BCUT2D eigenvalue weighted by molar-refractivity contribution is -0.141. The molecule has 0 aliphatic carbocycles. The van der Waals surface area contributed by atoms with Crippen LogP contribution in [0.3, 0.4) is 0 Å². The van der Waals surface area contributed by atoms with Crippen LogP contribution in [0.2, 0.25) is 0 Å². The van der Waals surface area contributed by atoms with Crippen LogP contribution in [0.25, 0.3) is 0 Å². The Hall–Kier alpha value is -0.750. The van der Waals surface area contributed by atoms with Gasteiger partial charge in [-0.2, -0.15) is 11.8 Å². The van der Waals surface area contributed by atoms with Gasteiger partial charge in [0.2, 0.25) is 5.91 Å². The highest BCUT2D eigenvalue weighted by Crippen LogP contribution is 2.00. The van der Waals surface area contributed by atoms with Crippen molar-refractivity contribution < 1.29 is 14.7 Å². The molecule has 0 aromatic rings. The average Bonchev–Trinajstić information content (AvgIpc) is 2.24. The molecule has 0 aliphatic rings. The second-order valence-corrected chi connectivity index (χ2v) is 4.40. The number of aliphatic carboxylic acids is 1. The maximum Gasteiger partial charge on any atom is 0.326 e. The molecular weight excluding hydrogens is 228 g/mol. The summed E-state index contributed by atoms with van der Waals surface area (Å²) in [5.41, 5.74) is 0. The number of amides is 1.